The van der Waals surface area contributed by atoms with Crippen molar-refractivity contribution in [2.45, 2.75) is 58.9 Å². The van der Waals surface area contributed by atoms with Gasteiger partial charge in [-0.3, -0.25) is 0 Å². The average molecular weight is 558 g/mol. The van der Waals surface area contributed by atoms with Crippen molar-refractivity contribution in [2.24, 2.45) is 0 Å². The van der Waals surface area contributed by atoms with E-state index in [-0.39, 0.29) is 5.56 Å². The zero-order chi connectivity index (χ0) is 29.7. The van der Waals surface area contributed by atoms with Crippen LogP contribution in [0.3, 0.4) is 0 Å². The first-order chi connectivity index (χ1) is 19.7. The molecule has 3 aromatic rings. The van der Waals surface area contributed by atoms with Gasteiger partial charge in [0.1, 0.15) is 11.6 Å². The number of rotatable bonds is 16. The third kappa shape index (κ3) is 10.4. The fourth-order valence-corrected chi connectivity index (χ4v) is 4.13. The average Bonchev–Trinajstić information content (AvgIpc) is 3.34. The van der Waals surface area contributed by atoms with E-state index in [9.17, 15) is 8.78 Å². The van der Waals surface area contributed by atoms with Crippen LogP contribution in [-0.4, -0.2) is 9.97 Å². The first kappa shape index (κ1) is 31.3. The lowest BCUT2D eigenvalue weighted by Gasteiger charge is -2.16. The lowest BCUT2D eigenvalue weighted by Crippen LogP contribution is -2.36. The van der Waals surface area contributed by atoms with Crippen LogP contribution in [-0.2, 0) is 18.9 Å². The fraction of sp³-hybridized carbons (Fsp3) is 0.265. The van der Waals surface area contributed by atoms with Crippen LogP contribution in [0.1, 0.15) is 62.5 Å². The number of halogens is 2. The van der Waals surface area contributed by atoms with Crippen molar-refractivity contribution >= 4 is 6.08 Å². The molecule has 1 heterocycles. The van der Waals surface area contributed by atoms with Gasteiger partial charge in [0.05, 0.1) is 5.69 Å². The van der Waals surface area contributed by atoms with Gasteiger partial charge in [0.15, 0.2) is 0 Å². The summed E-state index contributed by atoms with van der Waals surface area (Å²) >= 11 is 0. The Morgan fingerprint density at radius 3 is 2.44 bits per heavy atom. The third-order valence-corrected chi connectivity index (χ3v) is 6.38. The summed E-state index contributed by atoms with van der Waals surface area (Å²) in [7, 11) is 0. The number of hydrazine groups is 1. The molecule has 7 heteroatoms. The molecule has 0 unspecified atom stereocenters. The smallest absolute Gasteiger partial charge is 0.270 e. The molecule has 0 saturated carbocycles. The first-order valence-corrected chi connectivity index (χ1v) is 13.9. The number of imidazole rings is 1. The summed E-state index contributed by atoms with van der Waals surface area (Å²) in [5, 5.41) is 3.38. The summed E-state index contributed by atoms with van der Waals surface area (Å²) < 4.78 is 27.6. The Bertz CT molecular complexity index is 1360. The van der Waals surface area contributed by atoms with Gasteiger partial charge in [-0.15, -0.1) is 0 Å². The van der Waals surface area contributed by atoms with E-state index >= 15 is 0 Å². The minimum absolute atomic E-state index is 0.0314. The van der Waals surface area contributed by atoms with Gasteiger partial charge in [0, 0.05) is 42.1 Å². The van der Waals surface area contributed by atoms with Gasteiger partial charge in [0.25, 0.3) is 5.92 Å². The first-order valence-electron chi connectivity index (χ1n) is 13.9. The summed E-state index contributed by atoms with van der Waals surface area (Å²) in [6.07, 6.45) is 12.9. The third-order valence-electron chi connectivity index (χ3n) is 6.38. The number of hydrogen-bond acceptors (Lipinski definition) is 4. The van der Waals surface area contributed by atoms with Gasteiger partial charge < -0.3 is 15.7 Å². The van der Waals surface area contributed by atoms with E-state index < -0.39 is 5.92 Å². The number of aromatic amines is 1. The predicted octanol–water partition coefficient (Wildman–Crippen LogP) is 8.31. The van der Waals surface area contributed by atoms with Gasteiger partial charge in [-0.25, -0.2) is 19.2 Å². The molecule has 0 saturated heterocycles. The second-order valence-electron chi connectivity index (χ2n) is 10.0. The van der Waals surface area contributed by atoms with Crippen molar-refractivity contribution in [1.82, 2.24) is 26.1 Å². The highest BCUT2D eigenvalue weighted by Crippen LogP contribution is 2.29. The second kappa shape index (κ2) is 15.5. The van der Waals surface area contributed by atoms with Crippen LogP contribution in [0.2, 0.25) is 0 Å². The molecule has 0 aliphatic heterocycles. The van der Waals surface area contributed by atoms with Crippen molar-refractivity contribution in [3.05, 3.63) is 132 Å². The van der Waals surface area contributed by atoms with E-state index in [4.69, 9.17) is 4.98 Å². The minimum Gasteiger partial charge on any atom is -0.345 e. The molecule has 3 rings (SSSR count). The molecule has 0 spiro atoms. The standard InChI is InChI=1S/C34H41F2N5/c1-6-8-10-14-25(3)17-22-30-31(40-33(39-30)28-18-20-29(21-19-28)34(5,35)36)23-32(38-26(4)13-7-2)41-37-24-27-15-11-9-12-16-27/h6,8-12,14-16,18-21,23,37-38,41H,1,4,7,13,17,22,24H2,2-3,5H3,(H,39,40)/b10-8-,25-14+,32-23-. The number of aryl methyl sites for hydroxylation is 1. The molecular formula is C34H41F2N5. The Morgan fingerprint density at radius 2 is 1.78 bits per heavy atom. The minimum atomic E-state index is -2.90. The molecule has 1 aromatic heterocycles. The molecule has 0 fully saturated rings. The van der Waals surface area contributed by atoms with Crippen molar-refractivity contribution in [1.29, 1.82) is 0 Å². The lowest BCUT2D eigenvalue weighted by molar-refractivity contribution is 0.0175. The number of hydrogen-bond donors (Lipinski definition) is 4. The Kier molecular flexibility index (Phi) is 11.9. The largest absolute Gasteiger partial charge is 0.345 e. The molecule has 4 N–H and O–H groups in total. The summed E-state index contributed by atoms with van der Waals surface area (Å²) in [4.78, 5) is 8.32. The molecule has 0 aliphatic carbocycles. The maximum Gasteiger partial charge on any atom is 0.270 e. The van der Waals surface area contributed by atoms with E-state index in [0.717, 1.165) is 60.8 Å². The van der Waals surface area contributed by atoms with Crippen LogP contribution in [0.5, 0.6) is 0 Å². The molecule has 41 heavy (non-hydrogen) atoms. The van der Waals surface area contributed by atoms with E-state index in [0.29, 0.717) is 18.2 Å². The fourth-order valence-electron chi connectivity index (χ4n) is 4.13. The van der Waals surface area contributed by atoms with Crippen LogP contribution >= 0.6 is 0 Å². The van der Waals surface area contributed by atoms with Crippen LogP contribution in [0.25, 0.3) is 17.5 Å². The SMILES string of the molecule is C=C/C=C\C=C(/C)CCc1[nH]c(-c2ccc(C(C)(F)F)cc2)nc1/C=C(\NNCc1ccccc1)NC(=C)CCC. The van der Waals surface area contributed by atoms with Gasteiger partial charge in [-0.1, -0.05) is 111 Å². The highest BCUT2D eigenvalue weighted by molar-refractivity contribution is 5.61. The van der Waals surface area contributed by atoms with Gasteiger partial charge in [0.2, 0.25) is 0 Å². The molecule has 2 aromatic carbocycles. The molecule has 0 atom stereocenters. The normalized spacial score (nSPS) is 12.5. The van der Waals surface area contributed by atoms with E-state index in [1.165, 1.54) is 17.7 Å². The Hall–Kier alpha value is -4.23. The predicted molar refractivity (Wildman–Crippen MR) is 167 cm³/mol. The highest BCUT2D eigenvalue weighted by Gasteiger charge is 2.24. The molecular weight excluding hydrogens is 516 g/mol. The Balaban J connectivity index is 1.93. The number of aromatic nitrogens is 2. The Morgan fingerprint density at radius 1 is 1.05 bits per heavy atom. The van der Waals surface area contributed by atoms with E-state index in [1.807, 2.05) is 36.4 Å². The van der Waals surface area contributed by atoms with E-state index in [1.54, 1.807) is 18.2 Å². The summed E-state index contributed by atoms with van der Waals surface area (Å²) in [5.74, 6) is -1.57. The molecule has 216 valence electrons. The van der Waals surface area contributed by atoms with Gasteiger partial charge in [-0.05, 0) is 31.7 Å². The summed E-state index contributed by atoms with van der Waals surface area (Å²) in [6.45, 7) is 13.6. The zero-order valence-corrected chi connectivity index (χ0v) is 24.2. The monoisotopic (exact) mass is 557 g/mol. The van der Waals surface area contributed by atoms with Gasteiger partial charge >= 0.3 is 0 Å². The number of benzene rings is 2. The topological polar surface area (TPSA) is 64.8 Å². The number of nitrogens with one attached hydrogen (secondary N) is 4. The summed E-state index contributed by atoms with van der Waals surface area (Å²) in [6, 6.07) is 16.4. The van der Waals surface area contributed by atoms with E-state index in [2.05, 4.69) is 66.4 Å². The number of H-pyrrole nitrogens is 1. The van der Waals surface area contributed by atoms with Crippen LogP contribution in [0, 0.1) is 0 Å². The zero-order valence-electron chi connectivity index (χ0n) is 24.2. The quantitative estimate of drug-likeness (QED) is 0.106. The molecule has 0 bridgehead atoms. The van der Waals surface area contributed by atoms with Crippen molar-refractivity contribution in [2.75, 3.05) is 0 Å². The number of nitrogens with zero attached hydrogens (tertiary/aromatic N) is 1. The number of alkyl halides is 2. The highest BCUT2D eigenvalue weighted by atomic mass is 19.3. The van der Waals surface area contributed by atoms with Crippen molar-refractivity contribution < 1.29 is 8.78 Å². The summed E-state index contributed by atoms with van der Waals surface area (Å²) in [5.41, 5.74) is 12.2. The van der Waals surface area contributed by atoms with Crippen molar-refractivity contribution in [3.63, 3.8) is 0 Å². The number of allylic oxidation sites excluding steroid dienone is 6. The van der Waals surface area contributed by atoms with Crippen LogP contribution in [0.15, 0.2) is 109 Å². The van der Waals surface area contributed by atoms with Gasteiger partial charge in [-0.2, -0.15) is 0 Å². The Labute approximate surface area is 242 Å². The van der Waals surface area contributed by atoms with Crippen molar-refractivity contribution in [3.8, 4) is 11.4 Å². The molecule has 0 amide bonds. The second-order valence-corrected chi connectivity index (χ2v) is 10.0. The van der Waals surface area contributed by atoms with Crippen LogP contribution < -0.4 is 16.2 Å². The lowest BCUT2D eigenvalue weighted by atomic mass is 10.1. The maximum atomic E-state index is 13.8. The molecule has 0 radical (unpaired) electrons. The van der Waals surface area contributed by atoms with Crippen LogP contribution in [0.4, 0.5) is 8.78 Å². The molecule has 0 aliphatic rings. The maximum absolute atomic E-state index is 13.8. The molecule has 5 nitrogen and oxygen atoms in total.